The van der Waals surface area contributed by atoms with Gasteiger partial charge < -0.3 is 25.3 Å². The number of carbonyl (C=O) groups excluding carboxylic acids is 2. The lowest BCUT2D eigenvalue weighted by Gasteiger charge is -2.27. The van der Waals surface area contributed by atoms with E-state index in [0.29, 0.717) is 63.7 Å². The van der Waals surface area contributed by atoms with Crippen molar-refractivity contribution in [3.63, 3.8) is 0 Å². The van der Waals surface area contributed by atoms with Crippen LogP contribution in [0.5, 0.6) is 0 Å². The van der Waals surface area contributed by atoms with Gasteiger partial charge in [0.2, 0.25) is 5.91 Å². The van der Waals surface area contributed by atoms with Gasteiger partial charge in [-0.05, 0) is 25.3 Å². The van der Waals surface area contributed by atoms with Gasteiger partial charge in [0, 0.05) is 51.9 Å². The molecule has 11 nitrogen and oxygen atoms in total. The van der Waals surface area contributed by atoms with Crippen LogP contribution >= 0.6 is 0 Å². The van der Waals surface area contributed by atoms with Crippen LogP contribution in [0, 0.1) is 23.5 Å². The summed E-state index contributed by atoms with van der Waals surface area (Å²) in [6.07, 6.45) is 3.26. The predicted octanol–water partition coefficient (Wildman–Crippen LogP) is 1.73. The van der Waals surface area contributed by atoms with E-state index in [-0.39, 0.29) is 28.7 Å². The number of rotatable bonds is 8. The fraction of sp³-hybridized carbons (Fsp3) is 0.429. The molecular weight excluding hydrogens is 534 g/mol. The molecule has 2 aliphatic heterocycles. The molecule has 41 heavy (non-hydrogen) atoms. The lowest BCUT2D eigenvalue weighted by molar-refractivity contribution is -0.125. The molecule has 0 saturated carbocycles. The van der Waals surface area contributed by atoms with Gasteiger partial charge in [-0.3, -0.25) is 14.5 Å². The molecule has 2 aliphatic rings. The second-order valence-electron chi connectivity index (χ2n) is 9.89. The number of imidazole rings is 1. The van der Waals surface area contributed by atoms with Gasteiger partial charge in [-0.2, -0.15) is 5.10 Å². The third-order valence-corrected chi connectivity index (χ3v) is 7.43. The summed E-state index contributed by atoms with van der Waals surface area (Å²) < 4.78 is 38.9. The van der Waals surface area contributed by atoms with E-state index in [1.54, 1.807) is 14.1 Å². The number of benzene rings is 1. The van der Waals surface area contributed by atoms with Crippen LogP contribution in [-0.2, 0) is 16.1 Å². The van der Waals surface area contributed by atoms with E-state index in [0.717, 1.165) is 13.1 Å². The van der Waals surface area contributed by atoms with Gasteiger partial charge in [0.05, 0.1) is 36.7 Å². The van der Waals surface area contributed by atoms with Crippen LogP contribution in [0.1, 0.15) is 41.0 Å². The van der Waals surface area contributed by atoms with Crippen molar-refractivity contribution in [3.8, 4) is 11.8 Å². The number of aryl methyl sites for hydroxylation is 1. The molecule has 0 bridgehead atoms. The van der Waals surface area contributed by atoms with Crippen molar-refractivity contribution in [2.45, 2.75) is 25.9 Å². The molecule has 2 aromatic heterocycles. The Kier molecular flexibility index (Phi) is 8.32. The summed E-state index contributed by atoms with van der Waals surface area (Å²) in [6, 6.07) is 0.913. The van der Waals surface area contributed by atoms with E-state index in [2.05, 4.69) is 38.7 Å². The van der Waals surface area contributed by atoms with E-state index in [9.17, 15) is 14.0 Å². The van der Waals surface area contributed by atoms with Crippen molar-refractivity contribution in [3.05, 3.63) is 53.5 Å². The Morgan fingerprint density at radius 3 is 2.76 bits per heavy atom. The minimum absolute atomic E-state index is 0.00149. The predicted molar refractivity (Wildman–Crippen MR) is 148 cm³/mol. The molecule has 3 aromatic rings. The van der Waals surface area contributed by atoms with Gasteiger partial charge in [-0.15, -0.1) is 0 Å². The van der Waals surface area contributed by atoms with Gasteiger partial charge in [0.25, 0.3) is 5.91 Å². The van der Waals surface area contributed by atoms with Crippen LogP contribution in [0.2, 0.25) is 0 Å². The summed E-state index contributed by atoms with van der Waals surface area (Å²) in [5, 5.41) is 7.86. The van der Waals surface area contributed by atoms with E-state index >= 15 is 4.39 Å². The number of nitrogens with two attached hydrogens (primary N) is 1. The second-order valence-corrected chi connectivity index (χ2v) is 9.89. The van der Waals surface area contributed by atoms with Crippen molar-refractivity contribution in [2.24, 2.45) is 5.73 Å². The normalized spacial score (nSPS) is 17.4. The highest BCUT2D eigenvalue weighted by molar-refractivity contribution is 6.00. The number of nitrogens with zero attached hydrogens (tertiary/aromatic N) is 6. The summed E-state index contributed by atoms with van der Waals surface area (Å²) in [5.74, 6) is 2.83. The Morgan fingerprint density at radius 1 is 1.27 bits per heavy atom. The number of nitrogens with one attached hydrogen (secondary N) is 1. The maximum absolute atomic E-state index is 15.3. The molecule has 3 N–H and O–H groups in total. The number of primary amides is 1. The molecule has 0 radical (unpaired) electrons. The Labute approximate surface area is 235 Å². The minimum atomic E-state index is -0.891. The van der Waals surface area contributed by atoms with E-state index in [4.69, 9.17) is 10.5 Å². The van der Waals surface area contributed by atoms with Crippen LogP contribution < -0.4 is 11.1 Å². The van der Waals surface area contributed by atoms with Crippen LogP contribution in [-0.4, -0.2) is 93.4 Å². The van der Waals surface area contributed by atoms with E-state index in [1.807, 2.05) is 6.92 Å². The molecule has 4 heterocycles. The van der Waals surface area contributed by atoms with Crippen LogP contribution in [0.3, 0.4) is 0 Å². The van der Waals surface area contributed by atoms with Crippen molar-refractivity contribution in [1.29, 1.82) is 0 Å². The summed E-state index contributed by atoms with van der Waals surface area (Å²) in [6.45, 7) is 10.8. The largest absolute Gasteiger partial charge is 0.379 e. The van der Waals surface area contributed by atoms with E-state index in [1.165, 1.54) is 18.5 Å². The Balaban J connectivity index is 1.52. The number of amides is 2. The number of aromatic nitrogens is 4. The third kappa shape index (κ3) is 5.66. The summed E-state index contributed by atoms with van der Waals surface area (Å²) in [4.78, 5) is 32.8. The van der Waals surface area contributed by atoms with Crippen molar-refractivity contribution >= 4 is 28.7 Å². The maximum Gasteiger partial charge on any atom is 0.255 e. The fourth-order valence-corrected chi connectivity index (χ4v) is 5.23. The molecule has 2 saturated heterocycles. The third-order valence-electron chi connectivity index (χ3n) is 7.43. The number of halogens is 2. The molecule has 1 aromatic carbocycles. The first-order valence-corrected chi connectivity index (χ1v) is 13.5. The Hall–Kier alpha value is -4.28. The van der Waals surface area contributed by atoms with Gasteiger partial charge in [-0.25, -0.2) is 18.4 Å². The molecule has 0 aliphatic carbocycles. The lowest BCUT2D eigenvalue weighted by Crippen LogP contribution is -2.39. The SMILES string of the molecule is C=CC(=O)N1CC[C@H](n2nc(C#Cc3c(F)cc4c(ncn4CC)c3F)c(C(N)=O)c2NCCN2CCOCC2)C1. The monoisotopic (exact) mass is 566 g/mol. The Bertz CT molecular complexity index is 1550. The number of carbonyl (C=O) groups is 2. The average Bonchev–Trinajstić information content (AvgIpc) is 3.70. The van der Waals surface area contributed by atoms with Gasteiger partial charge in [0.15, 0.2) is 11.5 Å². The zero-order valence-corrected chi connectivity index (χ0v) is 22.8. The number of hydrogen-bond donors (Lipinski definition) is 2. The molecule has 0 unspecified atom stereocenters. The van der Waals surface area contributed by atoms with E-state index < -0.39 is 23.1 Å². The van der Waals surface area contributed by atoms with Crippen LogP contribution in [0.25, 0.3) is 11.0 Å². The maximum atomic E-state index is 15.3. The number of hydrogen-bond acceptors (Lipinski definition) is 7. The first kappa shape index (κ1) is 28.3. The van der Waals surface area contributed by atoms with Crippen molar-refractivity contribution < 1.29 is 23.1 Å². The molecule has 1 atom stereocenters. The summed E-state index contributed by atoms with van der Waals surface area (Å²) in [5.41, 5.74) is 5.64. The average molecular weight is 567 g/mol. The zero-order chi connectivity index (χ0) is 29.1. The smallest absolute Gasteiger partial charge is 0.255 e. The molecule has 5 rings (SSSR count). The van der Waals surface area contributed by atoms with Crippen LogP contribution in [0.15, 0.2) is 25.0 Å². The Morgan fingerprint density at radius 2 is 2.05 bits per heavy atom. The van der Waals surface area contributed by atoms with Gasteiger partial charge in [0.1, 0.15) is 22.7 Å². The first-order chi connectivity index (χ1) is 19.8. The first-order valence-electron chi connectivity index (χ1n) is 13.5. The van der Waals surface area contributed by atoms with Crippen molar-refractivity contribution in [2.75, 3.05) is 57.8 Å². The zero-order valence-electron chi connectivity index (χ0n) is 22.8. The second kappa shape index (κ2) is 12.1. The molecule has 216 valence electrons. The number of fused-ring (bicyclic) bond motifs is 1. The summed E-state index contributed by atoms with van der Waals surface area (Å²) >= 11 is 0. The highest BCUT2D eigenvalue weighted by Crippen LogP contribution is 2.30. The molecular formula is C28H32F2N8O3. The standard InChI is InChI=1S/C28H32F2N8O3/c1-3-23(39)37-9-7-18(16-37)38-28(32-8-10-35-11-13-41-14-12-35)24(27(31)40)21(34-38)6-5-19-20(29)15-22-26(25(19)30)33-17-36(22)4-2/h3,15,17-18,32H,1,4,7-14,16H2,2H3,(H2,31,40)/t18-/m0/s1. The van der Waals surface area contributed by atoms with Crippen molar-refractivity contribution in [1.82, 2.24) is 29.1 Å². The minimum Gasteiger partial charge on any atom is -0.379 e. The topological polar surface area (TPSA) is 124 Å². The number of morpholine rings is 1. The van der Waals surface area contributed by atoms with Gasteiger partial charge in [-0.1, -0.05) is 12.5 Å². The number of ether oxygens (including phenoxy) is 1. The fourth-order valence-electron chi connectivity index (χ4n) is 5.23. The highest BCUT2D eigenvalue weighted by Gasteiger charge is 2.32. The van der Waals surface area contributed by atoms with Crippen LogP contribution in [0.4, 0.5) is 14.6 Å². The number of likely N-dealkylation sites (tertiary alicyclic amines) is 1. The molecule has 2 amide bonds. The quantitative estimate of drug-likeness (QED) is 0.315. The molecule has 13 heteroatoms. The summed E-state index contributed by atoms with van der Waals surface area (Å²) in [7, 11) is 0. The highest BCUT2D eigenvalue weighted by atomic mass is 19.1. The molecule has 0 spiro atoms. The van der Waals surface area contributed by atoms with Gasteiger partial charge >= 0.3 is 0 Å². The number of anilines is 1. The lowest BCUT2D eigenvalue weighted by atomic mass is 10.1. The molecule has 2 fully saturated rings.